The lowest BCUT2D eigenvalue weighted by atomic mass is 9.82. The maximum absolute atomic E-state index is 10.8. The molecule has 0 heterocycles. The Morgan fingerprint density at radius 1 is 1.32 bits per heavy atom. The van der Waals surface area contributed by atoms with Crippen LogP contribution in [-0.2, 0) is 6.42 Å². The van der Waals surface area contributed by atoms with Crippen LogP contribution in [0.1, 0.15) is 35.4 Å². The molecule has 128 valence electrons. The van der Waals surface area contributed by atoms with Gasteiger partial charge in [-0.1, -0.05) is 12.1 Å². The Kier molecular flexibility index (Phi) is 4.90. The van der Waals surface area contributed by atoms with E-state index in [1.54, 1.807) is 6.07 Å². The van der Waals surface area contributed by atoms with Gasteiger partial charge in [-0.3, -0.25) is 0 Å². The lowest BCUT2D eigenvalue weighted by Crippen LogP contribution is -2.28. The summed E-state index contributed by atoms with van der Waals surface area (Å²) in [5, 5.41) is 20.4. The molecule has 0 spiro atoms. The van der Waals surface area contributed by atoms with Crippen molar-refractivity contribution in [1.29, 1.82) is 5.26 Å². The van der Waals surface area contributed by atoms with Gasteiger partial charge in [0.2, 0.25) is 0 Å². The molecule has 5 heteroatoms. The number of carbonyl (C=O) groups is 1. The lowest BCUT2D eigenvalue weighted by molar-refractivity contribution is 0.193. The van der Waals surface area contributed by atoms with Gasteiger partial charge in [0.1, 0.15) is 0 Å². The summed E-state index contributed by atoms with van der Waals surface area (Å²) >= 11 is 0. The highest BCUT2D eigenvalue weighted by Crippen LogP contribution is 2.35. The second-order valence-corrected chi connectivity index (χ2v) is 6.38. The van der Waals surface area contributed by atoms with Crippen LogP contribution in [0.5, 0.6) is 0 Å². The van der Waals surface area contributed by atoms with E-state index in [2.05, 4.69) is 34.5 Å². The summed E-state index contributed by atoms with van der Waals surface area (Å²) in [4.78, 5) is 12.8. The number of nitrogens with zero attached hydrogens (tertiary/aromatic N) is 2. The van der Waals surface area contributed by atoms with Crippen molar-refractivity contribution in [3.63, 3.8) is 0 Å². The standard InChI is InChI=1S/C20H21N3O2/c1-23(17-7-2-4-14(10-17)12-21)18-8-9-19-15(11-18)5-3-6-16(19)13-22-20(24)25/h2,4,7-11,16,22H,3,5-6,13H2,1H3,(H,24,25)/t16-/m0/s1. The number of fused-ring (bicyclic) bond motifs is 1. The lowest BCUT2D eigenvalue weighted by Gasteiger charge is -2.28. The Balaban J connectivity index is 1.85. The zero-order chi connectivity index (χ0) is 17.8. The number of benzene rings is 2. The van der Waals surface area contributed by atoms with Crippen LogP contribution in [0.25, 0.3) is 0 Å². The van der Waals surface area contributed by atoms with Crippen LogP contribution in [0.4, 0.5) is 16.2 Å². The van der Waals surface area contributed by atoms with E-state index >= 15 is 0 Å². The zero-order valence-electron chi connectivity index (χ0n) is 14.2. The molecule has 1 aliphatic rings. The molecular weight excluding hydrogens is 314 g/mol. The van der Waals surface area contributed by atoms with Crippen molar-refractivity contribution in [2.75, 3.05) is 18.5 Å². The van der Waals surface area contributed by atoms with Crippen molar-refractivity contribution < 1.29 is 9.90 Å². The van der Waals surface area contributed by atoms with Crippen molar-refractivity contribution in [3.8, 4) is 6.07 Å². The predicted molar refractivity (Wildman–Crippen MR) is 97.4 cm³/mol. The Bertz CT molecular complexity index is 826. The van der Waals surface area contributed by atoms with Gasteiger partial charge >= 0.3 is 6.09 Å². The van der Waals surface area contributed by atoms with E-state index in [4.69, 9.17) is 10.4 Å². The van der Waals surface area contributed by atoms with E-state index in [9.17, 15) is 4.79 Å². The highest BCUT2D eigenvalue weighted by molar-refractivity contribution is 5.66. The van der Waals surface area contributed by atoms with Gasteiger partial charge < -0.3 is 15.3 Å². The number of anilines is 2. The van der Waals surface area contributed by atoms with Crippen molar-refractivity contribution >= 4 is 17.5 Å². The van der Waals surface area contributed by atoms with Crippen molar-refractivity contribution in [3.05, 3.63) is 59.2 Å². The van der Waals surface area contributed by atoms with Crippen LogP contribution in [0.3, 0.4) is 0 Å². The van der Waals surface area contributed by atoms with Crippen LogP contribution < -0.4 is 10.2 Å². The maximum Gasteiger partial charge on any atom is 0.404 e. The third-order valence-corrected chi connectivity index (χ3v) is 4.81. The quantitative estimate of drug-likeness (QED) is 0.885. The fraction of sp³-hybridized carbons (Fsp3) is 0.300. The summed E-state index contributed by atoms with van der Waals surface area (Å²) in [5.41, 5.74) is 5.20. The first-order valence-corrected chi connectivity index (χ1v) is 8.42. The monoisotopic (exact) mass is 335 g/mol. The minimum Gasteiger partial charge on any atom is -0.465 e. The first kappa shape index (κ1) is 16.8. The predicted octanol–water partition coefficient (Wildman–Crippen LogP) is 4.01. The highest BCUT2D eigenvalue weighted by atomic mass is 16.4. The number of nitrogens with one attached hydrogen (secondary N) is 1. The summed E-state index contributed by atoms with van der Waals surface area (Å²) < 4.78 is 0. The van der Waals surface area contributed by atoms with Crippen LogP contribution in [0.2, 0.25) is 0 Å². The van der Waals surface area contributed by atoms with Crippen molar-refractivity contribution in [1.82, 2.24) is 5.32 Å². The van der Waals surface area contributed by atoms with Crippen molar-refractivity contribution in [2.24, 2.45) is 0 Å². The summed E-state index contributed by atoms with van der Waals surface area (Å²) in [7, 11) is 1.99. The molecule has 0 radical (unpaired) electrons. The molecule has 2 N–H and O–H groups in total. The minimum absolute atomic E-state index is 0.237. The summed E-state index contributed by atoms with van der Waals surface area (Å²) in [5.74, 6) is 0.237. The molecule has 0 bridgehead atoms. The summed E-state index contributed by atoms with van der Waals surface area (Å²) in [6.45, 7) is 0.460. The van der Waals surface area contributed by atoms with Gasteiger partial charge in [-0.25, -0.2) is 4.79 Å². The van der Waals surface area contributed by atoms with Crippen LogP contribution >= 0.6 is 0 Å². The van der Waals surface area contributed by atoms with E-state index in [-0.39, 0.29) is 5.92 Å². The van der Waals surface area contributed by atoms with E-state index in [1.807, 2.05) is 25.2 Å². The second-order valence-electron chi connectivity index (χ2n) is 6.38. The van der Waals surface area contributed by atoms with Gasteiger partial charge in [0, 0.05) is 30.9 Å². The van der Waals surface area contributed by atoms with Gasteiger partial charge in [0.15, 0.2) is 0 Å². The number of hydrogen-bond acceptors (Lipinski definition) is 3. The Morgan fingerprint density at radius 3 is 2.88 bits per heavy atom. The molecule has 0 fully saturated rings. The Hall–Kier alpha value is -3.00. The zero-order valence-corrected chi connectivity index (χ0v) is 14.2. The molecule has 1 amide bonds. The van der Waals surface area contributed by atoms with Gasteiger partial charge in [-0.15, -0.1) is 0 Å². The van der Waals surface area contributed by atoms with Crippen LogP contribution in [-0.4, -0.2) is 24.8 Å². The normalized spacial score (nSPS) is 15.8. The number of carboxylic acid groups (broad SMARTS) is 1. The molecule has 3 rings (SSSR count). The number of rotatable bonds is 4. The Morgan fingerprint density at radius 2 is 2.12 bits per heavy atom. The van der Waals surface area contributed by atoms with Gasteiger partial charge in [0.25, 0.3) is 0 Å². The van der Waals surface area contributed by atoms with E-state index < -0.39 is 6.09 Å². The van der Waals surface area contributed by atoms with E-state index in [0.717, 1.165) is 30.6 Å². The molecule has 5 nitrogen and oxygen atoms in total. The molecule has 0 aliphatic heterocycles. The average molecular weight is 335 g/mol. The first-order chi connectivity index (χ1) is 12.1. The number of amides is 1. The first-order valence-electron chi connectivity index (χ1n) is 8.42. The smallest absolute Gasteiger partial charge is 0.404 e. The van der Waals surface area contributed by atoms with E-state index in [1.165, 1.54) is 11.1 Å². The molecule has 0 unspecified atom stereocenters. The molecule has 1 aliphatic carbocycles. The maximum atomic E-state index is 10.8. The third-order valence-electron chi connectivity index (χ3n) is 4.81. The fourth-order valence-corrected chi connectivity index (χ4v) is 3.47. The molecule has 25 heavy (non-hydrogen) atoms. The minimum atomic E-state index is -0.971. The number of aryl methyl sites for hydroxylation is 1. The SMILES string of the molecule is CN(c1cccc(C#N)c1)c1ccc2c(c1)CCC[C@H]2CNC(=O)O. The fourth-order valence-electron chi connectivity index (χ4n) is 3.47. The van der Waals surface area contributed by atoms with Crippen LogP contribution in [0, 0.1) is 11.3 Å². The molecular formula is C20H21N3O2. The number of hydrogen-bond donors (Lipinski definition) is 2. The van der Waals surface area contributed by atoms with Gasteiger partial charge in [0.05, 0.1) is 11.6 Å². The number of nitriles is 1. The molecule has 2 aromatic carbocycles. The summed E-state index contributed by atoms with van der Waals surface area (Å²) in [6.07, 6.45) is 2.11. The molecule has 1 atom stereocenters. The molecule has 0 aromatic heterocycles. The highest BCUT2D eigenvalue weighted by Gasteiger charge is 2.21. The topological polar surface area (TPSA) is 76.4 Å². The Labute approximate surface area is 147 Å². The molecule has 2 aromatic rings. The van der Waals surface area contributed by atoms with Gasteiger partial charge in [-0.2, -0.15) is 5.26 Å². The summed E-state index contributed by atoms with van der Waals surface area (Å²) in [6, 6.07) is 16.1. The van der Waals surface area contributed by atoms with Gasteiger partial charge in [-0.05, 0) is 60.7 Å². The van der Waals surface area contributed by atoms with Crippen LogP contribution in [0.15, 0.2) is 42.5 Å². The van der Waals surface area contributed by atoms with Crippen molar-refractivity contribution in [2.45, 2.75) is 25.2 Å². The molecule has 0 saturated heterocycles. The average Bonchev–Trinajstić information content (AvgIpc) is 2.65. The second kappa shape index (κ2) is 7.27. The largest absolute Gasteiger partial charge is 0.465 e. The molecule has 0 saturated carbocycles. The van der Waals surface area contributed by atoms with E-state index in [0.29, 0.717) is 12.1 Å². The third kappa shape index (κ3) is 3.74.